The van der Waals surface area contributed by atoms with Gasteiger partial charge in [-0.3, -0.25) is 4.79 Å². The van der Waals surface area contributed by atoms with Crippen LogP contribution in [-0.2, 0) is 16.0 Å². The van der Waals surface area contributed by atoms with E-state index in [0.29, 0.717) is 24.9 Å². The average molecular weight is 465 g/mol. The minimum absolute atomic E-state index is 0.159. The van der Waals surface area contributed by atoms with Gasteiger partial charge in [0.25, 0.3) is 0 Å². The van der Waals surface area contributed by atoms with Gasteiger partial charge in [0.1, 0.15) is 5.75 Å². The molecule has 0 aromatic heterocycles. The van der Waals surface area contributed by atoms with E-state index in [0.717, 1.165) is 5.56 Å². The van der Waals surface area contributed by atoms with Gasteiger partial charge in [0.05, 0.1) is 24.1 Å². The van der Waals surface area contributed by atoms with Crippen molar-refractivity contribution < 1.29 is 19.1 Å². The summed E-state index contributed by atoms with van der Waals surface area (Å²) >= 11 is 13.9. The third kappa shape index (κ3) is 4.83. The topological polar surface area (TPSA) is 52.6 Å². The van der Waals surface area contributed by atoms with Crippen LogP contribution in [0.15, 0.2) is 36.4 Å². The van der Waals surface area contributed by atoms with E-state index in [4.69, 9.17) is 27.9 Å². The molecule has 2 aromatic carbocycles. The molecule has 0 aliphatic carbocycles. The summed E-state index contributed by atoms with van der Waals surface area (Å²) in [5.74, 6) is -0.534. The standard InChI is InChI=1S/C16H11Cl2IO4/c1-22-14(20)6-9-2-4-11(5-3-9)23-16(21)12-7-10(17)8-13(18)15(12)19/h2-5,7-8H,6H2,1H3. The van der Waals surface area contributed by atoms with Gasteiger partial charge in [-0.25, -0.2) is 4.79 Å². The number of halogens is 3. The lowest BCUT2D eigenvalue weighted by atomic mass is 10.1. The van der Waals surface area contributed by atoms with E-state index in [-0.39, 0.29) is 12.4 Å². The minimum atomic E-state index is -0.556. The Kier molecular flexibility index (Phi) is 6.26. The van der Waals surface area contributed by atoms with Gasteiger partial charge < -0.3 is 9.47 Å². The summed E-state index contributed by atoms with van der Waals surface area (Å²) in [6.45, 7) is 0. The second kappa shape index (κ2) is 7.99. The summed E-state index contributed by atoms with van der Waals surface area (Å²) in [5.41, 5.74) is 1.05. The number of methoxy groups -OCH3 is 1. The number of hydrogen-bond donors (Lipinski definition) is 0. The molecule has 0 spiro atoms. The van der Waals surface area contributed by atoms with Crippen LogP contribution in [0.3, 0.4) is 0 Å². The van der Waals surface area contributed by atoms with E-state index in [9.17, 15) is 9.59 Å². The van der Waals surface area contributed by atoms with Gasteiger partial charge in [0.15, 0.2) is 0 Å². The van der Waals surface area contributed by atoms with Gasteiger partial charge in [-0.1, -0.05) is 35.3 Å². The molecule has 0 saturated heterocycles. The van der Waals surface area contributed by atoms with Crippen molar-refractivity contribution in [3.8, 4) is 5.75 Å². The molecule has 0 unspecified atom stereocenters. The maximum Gasteiger partial charge on any atom is 0.344 e. The monoisotopic (exact) mass is 464 g/mol. The van der Waals surface area contributed by atoms with E-state index in [1.165, 1.54) is 13.2 Å². The molecule has 0 atom stereocenters. The highest BCUT2D eigenvalue weighted by molar-refractivity contribution is 14.1. The van der Waals surface area contributed by atoms with Crippen molar-refractivity contribution in [1.29, 1.82) is 0 Å². The summed E-state index contributed by atoms with van der Waals surface area (Å²) in [5, 5.41) is 0.745. The Morgan fingerprint density at radius 1 is 1.13 bits per heavy atom. The largest absolute Gasteiger partial charge is 0.469 e. The maximum absolute atomic E-state index is 12.2. The lowest BCUT2D eigenvalue weighted by Crippen LogP contribution is -2.11. The van der Waals surface area contributed by atoms with Crippen molar-refractivity contribution >= 4 is 57.7 Å². The number of carbonyl (C=O) groups excluding carboxylic acids is 2. The quantitative estimate of drug-likeness (QED) is 0.288. The van der Waals surface area contributed by atoms with E-state index in [2.05, 4.69) is 4.74 Å². The number of benzene rings is 2. The summed E-state index contributed by atoms with van der Waals surface area (Å²) in [6, 6.07) is 9.65. The average Bonchev–Trinajstić information content (AvgIpc) is 2.52. The maximum atomic E-state index is 12.2. The number of rotatable bonds is 4. The van der Waals surface area contributed by atoms with Crippen molar-refractivity contribution in [2.45, 2.75) is 6.42 Å². The highest BCUT2D eigenvalue weighted by Gasteiger charge is 2.16. The van der Waals surface area contributed by atoms with E-state index in [1.807, 2.05) is 22.6 Å². The zero-order valence-electron chi connectivity index (χ0n) is 11.9. The summed E-state index contributed by atoms with van der Waals surface area (Å²) in [4.78, 5) is 23.4. The molecule has 0 fully saturated rings. The second-order valence-corrected chi connectivity index (χ2v) is 6.46. The van der Waals surface area contributed by atoms with Crippen molar-refractivity contribution in [2.75, 3.05) is 7.11 Å². The molecule has 0 saturated carbocycles. The first-order valence-corrected chi connectivity index (χ1v) is 8.26. The van der Waals surface area contributed by atoms with Crippen molar-refractivity contribution in [3.05, 3.63) is 61.1 Å². The molecule has 7 heteroatoms. The summed E-state index contributed by atoms with van der Waals surface area (Å²) in [7, 11) is 1.33. The van der Waals surface area contributed by atoms with Crippen molar-refractivity contribution in [1.82, 2.24) is 0 Å². The predicted octanol–water partition coefficient (Wildman–Crippen LogP) is 4.53. The highest BCUT2D eigenvalue weighted by Crippen LogP contribution is 2.28. The molecule has 0 radical (unpaired) electrons. The number of ether oxygens (including phenoxy) is 2. The van der Waals surface area contributed by atoms with E-state index >= 15 is 0 Å². The van der Waals surface area contributed by atoms with Gasteiger partial charge in [-0.2, -0.15) is 0 Å². The smallest absolute Gasteiger partial charge is 0.344 e. The molecule has 0 aliphatic heterocycles. The Bertz CT molecular complexity index is 744. The molecule has 0 amide bonds. The van der Waals surface area contributed by atoms with Crippen LogP contribution in [-0.4, -0.2) is 19.0 Å². The number of carbonyl (C=O) groups is 2. The van der Waals surface area contributed by atoms with Gasteiger partial charge in [0, 0.05) is 8.59 Å². The van der Waals surface area contributed by atoms with E-state index in [1.54, 1.807) is 30.3 Å². The SMILES string of the molecule is COC(=O)Cc1ccc(OC(=O)c2cc(Cl)cc(Cl)c2I)cc1. The fraction of sp³-hybridized carbons (Fsp3) is 0.125. The first-order valence-electron chi connectivity index (χ1n) is 6.43. The Balaban J connectivity index is 2.13. The molecular formula is C16H11Cl2IO4. The molecular weight excluding hydrogens is 454 g/mol. The summed E-state index contributed by atoms with van der Waals surface area (Å²) < 4.78 is 10.5. The van der Waals surface area contributed by atoms with Crippen LogP contribution < -0.4 is 4.74 Å². The third-order valence-electron chi connectivity index (χ3n) is 2.92. The van der Waals surface area contributed by atoms with Crippen LogP contribution in [0.4, 0.5) is 0 Å². The number of esters is 2. The molecule has 4 nitrogen and oxygen atoms in total. The van der Waals surface area contributed by atoms with Gasteiger partial charge in [-0.15, -0.1) is 0 Å². The molecule has 0 aliphatic rings. The molecule has 2 rings (SSSR count). The normalized spacial score (nSPS) is 10.3. The Morgan fingerprint density at radius 2 is 1.78 bits per heavy atom. The van der Waals surface area contributed by atoms with E-state index < -0.39 is 5.97 Å². The van der Waals surface area contributed by atoms with Crippen molar-refractivity contribution in [2.24, 2.45) is 0 Å². The molecule has 0 heterocycles. The van der Waals surface area contributed by atoms with Gasteiger partial charge >= 0.3 is 11.9 Å². The van der Waals surface area contributed by atoms with Crippen LogP contribution >= 0.6 is 45.8 Å². The van der Waals surface area contributed by atoms with Crippen LogP contribution in [0, 0.1) is 3.57 Å². The Labute approximate surface area is 156 Å². The zero-order chi connectivity index (χ0) is 17.0. The lowest BCUT2D eigenvalue weighted by molar-refractivity contribution is -0.139. The second-order valence-electron chi connectivity index (χ2n) is 4.54. The summed E-state index contributed by atoms with van der Waals surface area (Å²) in [6.07, 6.45) is 0.159. The Hall–Kier alpha value is -1.31. The van der Waals surface area contributed by atoms with Crippen LogP contribution in [0.25, 0.3) is 0 Å². The molecule has 0 N–H and O–H groups in total. The van der Waals surface area contributed by atoms with Crippen LogP contribution in [0.1, 0.15) is 15.9 Å². The molecule has 2 aromatic rings. The van der Waals surface area contributed by atoms with Gasteiger partial charge in [0.2, 0.25) is 0 Å². The zero-order valence-corrected chi connectivity index (χ0v) is 15.6. The lowest BCUT2D eigenvalue weighted by Gasteiger charge is -2.08. The van der Waals surface area contributed by atoms with Gasteiger partial charge in [-0.05, 0) is 52.4 Å². The third-order valence-corrected chi connectivity index (χ3v) is 4.92. The molecule has 23 heavy (non-hydrogen) atoms. The molecule has 120 valence electrons. The van der Waals surface area contributed by atoms with Crippen LogP contribution in [0.2, 0.25) is 10.0 Å². The number of hydrogen-bond acceptors (Lipinski definition) is 4. The van der Waals surface area contributed by atoms with Crippen LogP contribution in [0.5, 0.6) is 5.75 Å². The first kappa shape index (κ1) is 18.0. The highest BCUT2D eigenvalue weighted by atomic mass is 127. The predicted molar refractivity (Wildman–Crippen MR) is 96.3 cm³/mol. The molecule has 0 bridgehead atoms. The minimum Gasteiger partial charge on any atom is -0.469 e. The van der Waals surface area contributed by atoms with Crippen molar-refractivity contribution in [3.63, 3.8) is 0 Å². The fourth-order valence-electron chi connectivity index (χ4n) is 1.78. The fourth-order valence-corrected chi connectivity index (χ4v) is 2.81. The Morgan fingerprint density at radius 3 is 2.39 bits per heavy atom. The first-order chi connectivity index (χ1) is 10.9.